The van der Waals surface area contributed by atoms with Crippen LogP contribution in [0.1, 0.15) is 6.92 Å². The molecule has 3 aromatic rings. The molecule has 1 aromatic carbocycles. The summed E-state index contributed by atoms with van der Waals surface area (Å²) in [5, 5.41) is 10.9. The fourth-order valence-corrected chi connectivity index (χ4v) is 2.11. The maximum absolute atomic E-state index is 11.1. The average molecular weight is 294 g/mol. The van der Waals surface area contributed by atoms with Crippen LogP contribution in [0, 0.1) is 0 Å². The van der Waals surface area contributed by atoms with Crippen LogP contribution >= 0.6 is 0 Å². The summed E-state index contributed by atoms with van der Waals surface area (Å²) in [5.41, 5.74) is 8.97. The molecule has 0 aliphatic heterocycles. The van der Waals surface area contributed by atoms with Crippen LogP contribution in [-0.4, -0.2) is 25.9 Å². The molecule has 2 heterocycles. The number of nitrogens with two attached hydrogens (primary N) is 1. The SMILES string of the molecule is CC(=O)Nc1cccc(-n2nnc(-c3ccncc3)c2N)c1. The molecule has 0 bridgehead atoms. The van der Waals surface area contributed by atoms with Gasteiger partial charge in [0.15, 0.2) is 5.82 Å². The largest absolute Gasteiger partial charge is 0.382 e. The Balaban J connectivity index is 2.00. The Morgan fingerprint density at radius 2 is 2.00 bits per heavy atom. The standard InChI is InChI=1S/C15H14N6O/c1-10(22)18-12-3-2-4-13(9-12)21-15(16)14(19-20-21)11-5-7-17-8-6-11/h2-9H,16H2,1H3,(H,18,22). The Hall–Kier alpha value is -3.22. The number of hydrogen-bond donors (Lipinski definition) is 2. The van der Waals surface area contributed by atoms with Crippen molar-refractivity contribution in [3.8, 4) is 16.9 Å². The van der Waals surface area contributed by atoms with Gasteiger partial charge in [0.05, 0.1) is 5.69 Å². The van der Waals surface area contributed by atoms with Crippen LogP contribution in [0.2, 0.25) is 0 Å². The van der Waals surface area contributed by atoms with Crippen LogP contribution in [0.3, 0.4) is 0 Å². The van der Waals surface area contributed by atoms with E-state index in [1.54, 1.807) is 24.5 Å². The monoisotopic (exact) mass is 294 g/mol. The van der Waals surface area contributed by atoms with Crippen molar-refractivity contribution in [2.75, 3.05) is 11.1 Å². The van der Waals surface area contributed by atoms with E-state index in [0.717, 1.165) is 11.3 Å². The molecule has 0 saturated heterocycles. The number of nitrogens with one attached hydrogen (secondary N) is 1. The third kappa shape index (κ3) is 2.64. The first-order valence-electron chi connectivity index (χ1n) is 6.65. The molecule has 2 aromatic heterocycles. The molecular weight excluding hydrogens is 280 g/mol. The van der Waals surface area contributed by atoms with Crippen LogP contribution in [-0.2, 0) is 4.79 Å². The number of rotatable bonds is 3. The molecule has 0 atom stereocenters. The Morgan fingerprint density at radius 1 is 1.23 bits per heavy atom. The first-order valence-corrected chi connectivity index (χ1v) is 6.65. The van der Waals surface area contributed by atoms with Crippen molar-refractivity contribution in [3.05, 3.63) is 48.8 Å². The van der Waals surface area contributed by atoms with Crippen LogP contribution < -0.4 is 11.1 Å². The van der Waals surface area contributed by atoms with E-state index in [1.807, 2.05) is 24.3 Å². The van der Waals surface area contributed by atoms with Crippen molar-refractivity contribution < 1.29 is 4.79 Å². The third-order valence-corrected chi connectivity index (χ3v) is 3.07. The smallest absolute Gasteiger partial charge is 0.221 e. The number of amides is 1. The maximum atomic E-state index is 11.1. The second kappa shape index (κ2) is 5.65. The van der Waals surface area contributed by atoms with E-state index < -0.39 is 0 Å². The molecule has 1 amide bonds. The molecule has 0 aliphatic rings. The van der Waals surface area contributed by atoms with Crippen molar-refractivity contribution in [1.82, 2.24) is 20.0 Å². The van der Waals surface area contributed by atoms with Gasteiger partial charge in [-0.25, -0.2) is 0 Å². The Labute approximate surface area is 126 Å². The lowest BCUT2D eigenvalue weighted by molar-refractivity contribution is -0.114. The summed E-state index contributed by atoms with van der Waals surface area (Å²) in [5.74, 6) is 0.285. The molecule has 3 rings (SSSR count). The quantitative estimate of drug-likeness (QED) is 0.768. The van der Waals surface area contributed by atoms with Gasteiger partial charge in [0.2, 0.25) is 5.91 Å². The van der Waals surface area contributed by atoms with Gasteiger partial charge in [0.25, 0.3) is 0 Å². The number of aromatic nitrogens is 4. The van der Waals surface area contributed by atoms with Gasteiger partial charge < -0.3 is 11.1 Å². The van der Waals surface area contributed by atoms with Gasteiger partial charge >= 0.3 is 0 Å². The highest BCUT2D eigenvalue weighted by Crippen LogP contribution is 2.25. The molecule has 0 spiro atoms. The minimum absolute atomic E-state index is 0.138. The van der Waals surface area contributed by atoms with Gasteiger partial charge in [-0.05, 0) is 30.3 Å². The summed E-state index contributed by atoms with van der Waals surface area (Å²) in [7, 11) is 0. The third-order valence-electron chi connectivity index (χ3n) is 3.07. The number of pyridine rings is 1. The van der Waals surface area contributed by atoms with Gasteiger partial charge in [-0.2, -0.15) is 4.68 Å². The number of nitrogens with zero attached hydrogens (tertiary/aromatic N) is 4. The maximum Gasteiger partial charge on any atom is 0.221 e. The zero-order valence-electron chi connectivity index (χ0n) is 11.9. The number of carbonyl (C=O) groups excluding carboxylic acids is 1. The fraction of sp³-hybridized carbons (Fsp3) is 0.0667. The lowest BCUT2D eigenvalue weighted by atomic mass is 10.2. The van der Waals surface area contributed by atoms with E-state index in [2.05, 4.69) is 20.6 Å². The second-order valence-electron chi connectivity index (χ2n) is 4.70. The molecule has 110 valence electrons. The van der Waals surface area contributed by atoms with Crippen molar-refractivity contribution in [3.63, 3.8) is 0 Å². The van der Waals surface area contributed by atoms with Gasteiger partial charge in [0, 0.05) is 30.6 Å². The zero-order chi connectivity index (χ0) is 15.5. The van der Waals surface area contributed by atoms with Gasteiger partial charge in [0.1, 0.15) is 5.69 Å². The summed E-state index contributed by atoms with van der Waals surface area (Å²) in [4.78, 5) is 15.1. The van der Waals surface area contributed by atoms with Gasteiger partial charge in [-0.3, -0.25) is 9.78 Å². The molecule has 7 nitrogen and oxygen atoms in total. The number of carbonyl (C=O) groups is 1. The predicted molar refractivity (Wildman–Crippen MR) is 83.3 cm³/mol. The highest BCUT2D eigenvalue weighted by Gasteiger charge is 2.13. The van der Waals surface area contributed by atoms with Crippen LogP contribution in [0.25, 0.3) is 16.9 Å². The van der Waals surface area contributed by atoms with Crippen LogP contribution in [0.15, 0.2) is 48.8 Å². The molecule has 0 fully saturated rings. The van der Waals surface area contributed by atoms with E-state index in [1.165, 1.54) is 11.6 Å². The highest BCUT2D eigenvalue weighted by molar-refractivity contribution is 5.89. The first-order chi connectivity index (χ1) is 10.6. The minimum atomic E-state index is -0.138. The zero-order valence-corrected chi connectivity index (χ0v) is 11.9. The van der Waals surface area contributed by atoms with E-state index in [-0.39, 0.29) is 5.91 Å². The molecule has 0 aliphatic carbocycles. The van der Waals surface area contributed by atoms with E-state index in [0.29, 0.717) is 17.2 Å². The molecule has 3 N–H and O–H groups in total. The van der Waals surface area contributed by atoms with E-state index >= 15 is 0 Å². The minimum Gasteiger partial charge on any atom is -0.382 e. The second-order valence-corrected chi connectivity index (χ2v) is 4.70. The van der Waals surface area contributed by atoms with Crippen molar-refractivity contribution >= 4 is 17.4 Å². The number of hydrogen-bond acceptors (Lipinski definition) is 5. The normalized spacial score (nSPS) is 10.4. The summed E-state index contributed by atoms with van der Waals surface area (Å²) >= 11 is 0. The number of benzene rings is 1. The molecule has 22 heavy (non-hydrogen) atoms. The topological polar surface area (TPSA) is 98.7 Å². The molecule has 0 saturated carbocycles. The van der Waals surface area contributed by atoms with Crippen molar-refractivity contribution in [1.29, 1.82) is 0 Å². The van der Waals surface area contributed by atoms with Crippen LogP contribution in [0.4, 0.5) is 11.5 Å². The first kappa shape index (κ1) is 13.7. The van der Waals surface area contributed by atoms with Crippen LogP contribution in [0.5, 0.6) is 0 Å². The molecule has 7 heteroatoms. The summed E-state index contributed by atoms with van der Waals surface area (Å²) < 4.78 is 1.53. The highest BCUT2D eigenvalue weighted by atomic mass is 16.1. The molecular formula is C15H14N6O. The van der Waals surface area contributed by atoms with Gasteiger partial charge in [-0.1, -0.05) is 11.3 Å². The van der Waals surface area contributed by atoms with Crippen molar-refractivity contribution in [2.24, 2.45) is 0 Å². The summed E-state index contributed by atoms with van der Waals surface area (Å²) in [6, 6.07) is 10.9. The summed E-state index contributed by atoms with van der Waals surface area (Å²) in [6.07, 6.45) is 3.34. The Morgan fingerprint density at radius 3 is 2.73 bits per heavy atom. The number of nitrogen functional groups attached to an aromatic ring is 1. The van der Waals surface area contributed by atoms with Gasteiger partial charge in [-0.15, -0.1) is 5.10 Å². The van der Waals surface area contributed by atoms with E-state index in [9.17, 15) is 4.79 Å². The summed E-state index contributed by atoms with van der Waals surface area (Å²) in [6.45, 7) is 1.46. The lowest BCUT2D eigenvalue weighted by Crippen LogP contribution is -2.07. The Kier molecular flexibility index (Phi) is 3.53. The van der Waals surface area contributed by atoms with Crippen molar-refractivity contribution in [2.45, 2.75) is 6.92 Å². The lowest BCUT2D eigenvalue weighted by Gasteiger charge is -2.07. The van der Waals surface area contributed by atoms with E-state index in [4.69, 9.17) is 5.73 Å². The predicted octanol–water partition coefficient (Wildman–Crippen LogP) is 1.87. The number of anilines is 2. The Bertz CT molecular complexity index is 812. The average Bonchev–Trinajstić information content (AvgIpc) is 2.89. The fourth-order valence-electron chi connectivity index (χ4n) is 2.11. The molecule has 0 unspecified atom stereocenters. The molecule has 0 radical (unpaired) electrons.